The minimum atomic E-state index is -0.883. The molecule has 2 fully saturated rings. The van der Waals surface area contributed by atoms with Crippen molar-refractivity contribution in [2.24, 2.45) is 0 Å². The lowest BCUT2D eigenvalue weighted by Crippen LogP contribution is -2.49. The van der Waals surface area contributed by atoms with Crippen molar-refractivity contribution in [1.82, 2.24) is 10.2 Å². The predicted octanol–water partition coefficient (Wildman–Crippen LogP) is -0.276. The summed E-state index contributed by atoms with van der Waals surface area (Å²) in [6.45, 7) is 0.582. The molecule has 15 heavy (non-hydrogen) atoms. The SMILES string of the molecule is O=C(O)[C@@H]1CCCN1C(=O)C1CSCN1. The second kappa shape index (κ2) is 4.40. The molecule has 2 heterocycles. The number of carboxylic acids is 1. The molecule has 0 aromatic carbocycles. The van der Waals surface area contributed by atoms with Crippen LogP contribution in [0.1, 0.15) is 12.8 Å². The van der Waals surface area contributed by atoms with E-state index in [4.69, 9.17) is 5.11 Å². The molecule has 2 atom stereocenters. The highest BCUT2D eigenvalue weighted by molar-refractivity contribution is 7.99. The Balaban J connectivity index is 2.02. The van der Waals surface area contributed by atoms with Crippen LogP contribution in [-0.2, 0) is 9.59 Å². The molecule has 0 aromatic heterocycles. The van der Waals surface area contributed by atoms with Crippen molar-refractivity contribution in [3.63, 3.8) is 0 Å². The van der Waals surface area contributed by atoms with Crippen LogP contribution in [0.4, 0.5) is 0 Å². The van der Waals surface area contributed by atoms with E-state index < -0.39 is 12.0 Å². The van der Waals surface area contributed by atoms with Crippen molar-refractivity contribution in [2.45, 2.75) is 24.9 Å². The Bertz CT molecular complexity index is 279. The van der Waals surface area contributed by atoms with Gasteiger partial charge in [-0.1, -0.05) is 0 Å². The first-order chi connectivity index (χ1) is 7.20. The maximum absolute atomic E-state index is 11.9. The largest absolute Gasteiger partial charge is 0.480 e. The third kappa shape index (κ3) is 2.10. The highest BCUT2D eigenvalue weighted by Gasteiger charge is 2.37. The van der Waals surface area contributed by atoms with Gasteiger partial charge in [0.15, 0.2) is 0 Å². The number of rotatable bonds is 2. The van der Waals surface area contributed by atoms with Crippen LogP contribution in [0.2, 0.25) is 0 Å². The van der Waals surface area contributed by atoms with Crippen LogP contribution in [0.15, 0.2) is 0 Å². The summed E-state index contributed by atoms with van der Waals surface area (Å²) in [5, 5.41) is 12.0. The number of nitrogens with zero attached hydrogens (tertiary/aromatic N) is 1. The topological polar surface area (TPSA) is 69.6 Å². The van der Waals surface area contributed by atoms with Gasteiger partial charge in [-0.25, -0.2) is 4.79 Å². The molecule has 2 aliphatic heterocycles. The molecule has 84 valence electrons. The molecular formula is C9H14N2O3S. The van der Waals surface area contributed by atoms with Crippen molar-refractivity contribution in [3.8, 4) is 0 Å². The third-order valence-corrected chi connectivity index (χ3v) is 3.78. The number of thioether (sulfide) groups is 1. The minimum absolute atomic E-state index is 0.0510. The normalized spacial score (nSPS) is 30.8. The van der Waals surface area contributed by atoms with Crippen LogP contribution in [0.5, 0.6) is 0 Å². The molecular weight excluding hydrogens is 216 g/mol. The summed E-state index contributed by atoms with van der Waals surface area (Å²) >= 11 is 1.67. The van der Waals surface area contributed by atoms with Gasteiger partial charge in [0, 0.05) is 18.2 Å². The van der Waals surface area contributed by atoms with E-state index in [1.807, 2.05) is 0 Å². The maximum Gasteiger partial charge on any atom is 0.326 e. The molecule has 2 rings (SSSR count). The summed E-state index contributed by atoms with van der Waals surface area (Å²) in [6.07, 6.45) is 1.38. The van der Waals surface area contributed by atoms with E-state index >= 15 is 0 Å². The number of likely N-dealkylation sites (tertiary alicyclic amines) is 1. The fourth-order valence-corrected chi connectivity index (χ4v) is 2.97. The first-order valence-corrected chi connectivity index (χ1v) is 6.20. The molecule has 0 saturated carbocycles. The van der Waals surface area contributed by atoms with Gasteiger partial charge >= 0.3 is 5.97 Å². The second-order valence-electron chi connectivity index (χ2n) is 3.80. The lowest BCUT2D eigenvalue weighted by molar-refractivity contribution is -0.148. The molecule has 0 radical (unpaired) electrons. The fraction of sp³-hybridized carbons (Fsp3) is 0.778. The molecule has 6 heteroatoms. The van der Waals surface area contributed by atoms with Crippen LogP contribution in [0.3, 0.4) is 0 Å². The number of carbonyl (C=O) groups excluding carboxylic acids is 1. The summed E-state index contributed by atoms with van der Waals surface area (Å²) in [4.78, 5) is 24.4. The molecule has 2 saturated heterocycles. The summed E-state index contributed by atoms with van der Waals surface area (Å²) < 4.78 is 0. The molecule has 5 nitrogen and oxygen atoms in total. The molecule has 2 aliphatic rings. The number of aliphatic carboxylic acids is 1. The average Bonchev–Trinajstić information content (AvgIpc) is 2.88. The van der Waals surface area contributed by atoms with Gasteiger partial charge in [-0.3, -0.25) is 10.1 Å². The van der Waals surface area contributed by atoms with Gasteiger partial charge in [0.05, 0.1) is 6.04 Å². The maximum atomic E-state index is 11.9. The van der Waals surface area contributed by atoms with Crippen LogP contribution < -0.4 is 5.32 Å². The van der Waals surface area contributed by atoms with Crippen LogP contribution in [0.25, 0.3) is 0 Å². The lowest BCUT2D eigenvalue weighted by Gasteiger charge is -2.24. The quantitative estimate of drug-likeness (QED) is 0.683. The molecule has 1 unspecified atom stereocenters. The van der Waals surface area contributed by atoms with Gasteiger partial charge in [-0.15, -0.1) is 11.8 Å². The highest BCUT2D eigenvalue weighted by Crippen LogP contribution is 2.21. The zero-order valence-electron chi connectivity index (χ0n) is 8.31. The van der Waals surface area contributed by atoms with Crippen molar-refractivity contribution in [3.05, 3.63) is 0 Å². The number of carboxylic acid groups (broad SMARTS) is 1. The lowest BCUT2D eigenvalue weighted by atomic mass is 10.2. The zero-order valence-corrected chi connectivity index (χ0v) is 9.13. The van der Waals surface area contributed by atoms with Crippen molar-refractivity contribution in [2.75, 3.05) is 18.2 Å². The number of amides is 1. The zero-order chi connectivity index (χ0) is 10.8. The Labute approximate surface area is 92.2 Å². The van der Waals surface area contributed by atoms with Crippen LogP contribution >= 0.6 is 11.8 Å². The Hall–Kier alpha value is -0.750. The Morgan fingerprint density at radius 2 is 2.27 bits per heavy atom. The smallest absolute Gasteiger partial charge is 0.326 e. The average molecular weight is 230 g/mol. The molecule has 0 aliphatic carbocycles. The third-order valence-electron chi connectivity index (χ3n) is 2.84. The van der Waals surface area contributed by atoms with Gasteiger partial charge in [0.2, 0.25) is 5.91 Å². The van der Waals surface area contributed by atoms with Gasteiger partial charge < -0.3 is 10.0 Å². The van der Waals surface area contributed by atoms with Crippen molar-refractivity contribution < 1.29 is 14.7 Å². The predicted molar refractivity (Wildman–Crippen MR) is 56.6 cm³/mol. The first-order valence-electron chi connectivity index (χ1n) is 5.04. The molecule has 1 amide bonds. The number of carbonyl (C=O) groups is 2. The summed E-state index contributed by atoms with van der Waals surface area (Å²) in [6, 6.07) is -0.792. The van der Waals surface area contributed by atoms with Crippen molar-refractivity contribution >= 4 is 23.6 Å². The van der Waals surface area contributed by atoms with Gasteiger partial charge in [-0.05, 0) is 12.8 Å². The van der Waals surface area contributed by atoms with E-state index in [9.17, 15) is 9.59 Å². The Kier molecular flexibility index (Phi) is 3.16. The van der Waals surface area contributed by atoms with Gasteiger partial charge in [0.25, 0.3) is 0 Å². The number of hydrogen-bond acceptors (Lipinski definition) is 4. The van der Waals surface area contributed by atoms with Crippen LogP contribution in [0, 0.1) is 0 Å². The summed E-state index contributed by atoms with van der Waals surface area (Å²) in [7, 11) is 0. The summed E-state index contributed by atoms with van der Waals surface area (Å²) in [5.41, 5.74) is 0. The molecule has 0 bridgehead atoms. The van der Waals surface area contributed by atoms with E-state index in [2.05, 4.69) is 5.32 Å². The van der Waals surface area contributed by atoms with Gasteiger partial charge in [0.1, 0.15) is 6.04 Å². The number of nitrogens with one attached hydrogen (secondary N) is 1. The molecule has 2 N–H and O–H groups in total. The minimum Gasteiger partial charge on any atom is -0.480 e. The van der Waals surface area contributed by atoms with Crippen LogP contribution in [-0.4, -0.2) is 52.1 Å². The summed E-state index contributed by atoms with van der Waals surface area (Å²) in [5.74, 6) is 0.598. The van der Waals surface area contributed by atoms with Crippen molar-refractivity contribution in [1.29, 1.82) is 0 Å². The van der Waals surface area contributed by atoms with E-state index in [1.165, 1.54) is 4.90 Å². The van der Waals surface area contributed by atoms with E-state index in [1.54, 1.807) is 11.8 Å². The number of hydrogen-bond donors (Lipinski definition) is 2. The monoisotopic (exact) mass is 230 g/mol. The van der Waals surface area contributed by atoms with Gasteiger partial charge in [-0.2, -0.15) is 0 Å². The van der Waals surface area contributed by atoms with E-state index in [0.29, 0.717) is 13.0 Å². The first kappa shape index (κ1) is 10.8. The van der Waals surface area contributed by atoms with E-state index in [0.717, 1.165) is 18.1 Å². The Morgan fingerprint density at radius 3 is 2.87 bits per heavy atom. The highest BCUT2D eigenvalue weighted by atomic mass is 32.2. The Morgan fingerprint density at radius 1 is 1.47 bits per heavy atom. The second-order valence-corrected chi connectivity index (χ2v) is 4.83. The standard InChI is InChI=1S/C9H14N2O3S/c12-8(6-4-15-5-10-6)11-3-1-2-7(11)9(13)14/h6-7,10H,1-5H2,(H,13,14)/t6?,7-/m0/s1. The fourth-order valence-electron chi connectivity index (χ4n) is 2.04. The molecule has 0 aromatic rings. The van der Waals surface area contributed by atoms with E-state index in [-0.39, 0.29) is 11.9 Å². The molecule has 0 spiro atoms.